The number of aromatic nitrogens is 4. The number of fused-ring (bicyclic) bond motifs is 2. The number of rotatable bonds is 6. The number of pyridine rings is 1. The molecule has 0 aliphatic rings. The number of benzene rings is 1. The Balaban J connectivity index is 1.72. The second-order valence-corrected chi connectivity index (χ2v) is 7.60. The van der Waals surface area contributed by atoms with Gasteiger partial charge in [0.25, 0.3) is 0 Å². The zero-order valence-electron chi connectivity index (χ0n) is 16.6. The number of carbonyl (C=O) groups is 1. The molecular weight excluding hydrogens is 406 g/mol. The van der Waals surface area contributed by atoms with E-state index in [1.165, 1.54) is 11.3 Å². The molecule has 0 aliphatic heterocycles. The van der Waals surface area contributed by atoms with Crippen molar-refractivity contribution in [2.75, 3.05) is 20.3 Å². The number of hydrogen-bond donors (Lipinski definition) is 2. The first kappa shape index (κ1) is 19.8. The fraction of sp³-hybridized carbons (Fsp3) is 0.250. The molecule has 0 atom stereocenters. The molecule has 4 aromatic rings. The highest BCUT2D eigenvalue weighted by Gasteiger charge is 2.16. The number of methoxy groups -OCH3 is 1. The van der Waals surface area contributed by atoms with E-state index in [2.05, 4.69) is 20.3 Å². The van der Waals surface area contributed by atoms with Crippen molar-refractivity contribution in [3.05, 3.63) is 35.5 Å². The van der Waals surface area contributed by atoms with Crippen LogP contribution in [-0.4, -0.2) is 51.4 Å². The standard InChI is InChI=1S/C20H19N5O4S/c1-10-6-12(17-13(7-10)23-15(28-3)9-22-17)18-25-16-11(2)8-14(24-19(16)30-18)29-5-4-21-20(26)27/h6-9,21H,4-5H2,1-3H3,(H,26,27). The predicted octanol–water partition coefficient (Wildman–Crippen LogP) is 3.57. The lowest BCUT2D eigenvalue weighted by molar-refractivity contribution is 0.191. The third kappa shape index (κ3) is 3.94. The van der Waals surface area contributed by atoms with Crippen molar-refractivity contribution < 1.29 is 19.4 Å². The van der Waals surface area contributed by atoms with E-state index in [0.717, 1.165) is 43.1 Å². The monoisotopic (exact) mass is 425 g/mol. The third-order valence-electron chi connectivity index (χ3n) is 4.37. The summed E-state index contributed by atoms with van der Waals surface area (Å²) < 4.78 is 10.8. The van der Waals surface area contributed by atoms with E-state index < -0.39 is 6.09 Å². The minimum absolute atomic E-state index is 0.180. The van der Waals surface area contributed by atoms with Gasteiger partial charge in [-0.3, -0.25) is 0 Å². The molecule has 2 N–H and O–H groups in total. The van der Waals surface area contributed by atoms with E-state index in [1.807, 2.05) is 26.0 Å². The molecule has 3 aromatic heterocycles. The van der Waals surface area contributed by atoms with Gasteiger partial charge in [0.05, 0.1) is 30.9 Å². The van der Waals surface area contributed by atoms with Crippen molar-refractivity contribution in [1.29, 1.82) is 0 Å². The molecule has 1 amide bonds. The smallest absolute Gasteiger partial charge is 0.404 e. The van der Waals surface area contributed by atoms with Gasteiger partial charge < -0.3 is 19.9 Å². The van der Waals surface area contributed by atoms with Gasteiger partial charge in [-0.25, -0.2) is 24.7 Å². The van der Waals surface area contributed by atoms with Gasteiger partial charge in [-0.2, -0.15) is 0 Å². The molecule has 3 heterocycles. The number of hydrogen-bond acceptors (Lipinski definition) is 8. The van der Waals surface area contributed by atoms with Gasteiger partial charge in [0, 0.05) is 11.6 Å². The third-order valence-corrected chi connectivity index (χ3v) is 5.35. The fourth-order valence-electron chi connectivity index (χ4n) is 3.04. The first-order valence-electron chi connectivity index (χ1n) is 9.14. The van der Waals surface area contributed by atoms with Crippen LogP contribution >= 0.6 is 11.3 Å². The van der Waals surface area contributed by atoms with Crippen LogP contribution in [0.2, 0.25) is 0 Å². The van der Waals surface area contributed by atoms with Crippen LogP contribution in [0.1, 0.15) is 11.1 Å². The van der Waals surface area contributed by atoms with E-state index in [1.54, 1.807) is 19.4 Å². The second-order valence-electron chi connectivity index (χ2n) is 6.62. The van der Waals surface area contributed by atoms with Gasteiger partial charge in [-0.05, 0) is 37.1 Å². The minimum Gasteiger partial charge on any atom is -0.480 e. The molecule has 0 aliphatic carbocycles. The summed E-state index contributed by atoms with van der Waals surface area (Å²) in [4.78, 5) is 29.6. The minimum atomic E-state index is -1.09. The van der Waals surface area contributed by atoms with E-state index in [-0.39, 0.29) is 13.2 Å². The lowest BCUT2D eigenvalue weighted by Gasteiger charge is -2.06. The van der Waals surface area contributed by atoms with Crippen LogP contribution in [0.15, 0.2) is 24.4 Å². The zero-order chi connectivity index (χ0) is 21.3. The van der Waals surface area contributed by atoms with Crippen LogP contribution in [0.4, 0.5) is 4.79 Å². The SMILES string of the molecule is COc1cnc2c(-c3nc4c(C)cc(OCCNC(=O)O)nc4s3)cc(C)cc2n1. The Kier molecular flexibility index (Phi) is 5.32. The van der Waals surface area contributed by atoms with Crippen molar-refractivity contribution in [2.24, 2.45) is 0 Å². The van der Waals surface area contributed by atoms with Crippen molar-refractivity contribution in [3.8, 4) is 22.3 Å². The van der Waals surface area contributed by atoms with E-state index >= 15 is 0 Å². The first-order chi connectivity index (χ1) is 14.4. The number of amides is 1. The highest BCUT2D eigenvalue weighted by atomic mass is 32.1. The second kappa shape index (κ2) is 8.07. The molecule has 0 bridgehead atoms. The molecule has 0 saturated carbocycles. The summed E-state index contributed by atoms with van der Waals surface area (Å²) in [6.07, 6.45) is 0.506. The molecule has 154 valence electrons. The van der Waals surface area contributed by atoms with Crippen molar-refractivity contribution in [3.63, 3.8) is 0 Å². The van der Waals surface area contributed by atoms with E-state index in [9.17, 15) is 4.79 Å². The molecule has 0 fully saturated rings. The Morgan fingerprint density at radius 1 is 1.13 bits per heavy atom. The molecule has 0 spiro atoms. The molecule has 1 aromatic carbocycles. The maximum atomic E-state index is 10.5. The fourth-order valence-corrected chi connectivity index (χ4v) is 4.07. The number of nitrogens with zero attached hydrogens (tertiary/aromatic N) is 4. The van der Waals surface area contributed by atoms with E-state index in [4.69, 9.17) is 19.6 Å². The van der Waals surface area contributed by atoms with E-state index in [0.29, 0.717) is 11.8 Å². The maximum absolute atomic E-state index is 10.5. The van der Waals surface area contributed by atoms with Crippen LogP contribution in [0.5, 0.6) is 11.8 Å². The Hall–Kier alpha value is -3.53. The highest BCUT2D eigenvalue weighted by molar-refractivity contribution is 7.21. The Labute approximate surface area is 175 Å². The van der Waals surface area contributed by atoms with Gasteiger partial charge in [0.2, 0.25) is 11.8 Å². The largest absolute Gasteiger partial charge is 0.480 e. The van der Waals surface area contributed by atoms with Gasteiger partial charge in [0.1, 0.15) is 22.0 Å². The molecular formula is C20H19N5O4S. The highest BCUT2D eigenvalue weighted by Crippen LogP contribution is 2.35. The van der Waals surface area contributed by atoms with Crippen LogP contribution in [0, 0.1) is 13.8 Å². The normalized spacial score (nSPS) is 11.0. The molecule has 30 heavy (non-hydrogen) atoms. The lowest BCUT2D eigenvalue weighted by atomic mass is 10.1. The summed E-state index contributed by atoms with van der Waals surface area (Å²) in [6.45, 7) is 4.31. The van der Waals surface area contributed by atoms with Crippen molar-refractivity contribution >= 4 is 38.8 Å². The van der Waals surface area contributed by atoms with Crippen LogP contribution < -0.4 is 14.8 Å². The molecule has 4 rings (SSSR count). The summed E-state index contributed by atoms with van der Waals surface area (Å²) in [6, 6.07) is 5.79. The zero-order valence-corrected chi connectivity index (χ0v) is 17.4. The van der Waals surface area contributed by atoms with Gasteiger partial charge in [-0.1, -0.05) is 11.3 Å². The molecule has 0 saturated heterocycles. The number of nitrogens with one attached hydrogen (secondary N) is 1. The Bertz CT molecular complexity index is 1260. The topological polar surface area (TPSA) is 119 Å². The van der Waals surface area contributed by atoms with Crippen LogP contribution in [0.25, 0.3) is 32.0 Å². The molecule has 0 radical (unpaired) electrons. The van der Waals surface area contributed by atoms with Gasteiger partial charge >= 0.3 is 6.09 Å². The number of thiazole rings is 1. The maximum Gasteiger partial charge on any atom is 0.404 e. The Morgan fingerprint density at radius 3 is 2.73 bits per heavy atom. The Morgan fingerprint density at radius 2 is 1.97 bits per heavy atom. The summed E-state index contributed by atoms with van der Waals surface area (Å²) in [5.74, 6) is 0.890. The van der Waals surface area contributed by atoms with Crippen LogP contribution in [-0.2, 0) is 0 Å². The average molecular weight is 425 g/mol. The number of carboxylic acid groups (broad SMARTS) is 1. The molecule has 9 nitrogen and oxygen atoms in total. The van der Waals surface area contributed by atoms with Crippen molar-refractivity contribution in [1.82, 2.24) is 25.3 Å². The number of ether oxygens (including phenoxy) is 2. The summed E-state index contributed by atoms with van der Waals surface area (Å²) in [5, 5.41) is 11.7. The summed E-state index contributed by atoms with van der Waals surface area (Å²) >= 11 is 1.45. The first-order valence-corrected chi connectivity index (χ1v) is 9.96. The quantitative estimate of drug-likeness (QED) is 0.450. The average Bonchev–Trinajstić information content (AvgIpc) is 3.14. The van der Waals surface area contributed by atoms with Crippen LogP contribution in [0.3, 0.4) is 0 Å². The summed E-state index contributed by atoms with van der Waals surface area (Å²) in [5.41, 5.74) is 5.13. The van der Waals surface area contributed by atoms with Gasteiger partial charge in [-0.15, -0.1) is 0 Å². The number of aryl methyl sites for hydroxylation is 2. The van der Waals surface area contributed by atoms with Crippen molar-refractivity contribution in [2.45, 2.75) is 13.8 Å². The lowest BCUT2D eigenvalue weighted by Crippen LogP contribution is -2.26. The predicted molar refractivity (Wildman–Crippen MR) is 113 cm³/mol. The molecule has 0 unspecified atom stereocenters. The van der Waals surface area contributed by atoms with Gasteiger partial charge in [0.15, 0.2) is 0 Å². The molecule has 10 heteroatoms. The summed E-state index contributed by atoms with van der Waals surface area (Å²) in [7, 11) is 1.56.